The Hall–Kier alpha value is -1.26. The number of unbranched alkanes of at least 4 members (excludes halogenated alkanes) is 4. The maximum absolute atomic E-state index is 4.60. The van der Waals surface area contributed by atoms with Gasteiger partial charge in [-0.1, -0.05) is 84.5 Å². The summed E-state index contributed by atoms with van der Waals surface area (Å²) in [7, 11) is 0. The van der Waals surface area contributed by atoms with Gasteiger partial charge in [-0.15, -0.1) is 22.7 Å². The highest BCUT2D eigenvalue weighted by Crippen LogP contribution is 2.39. The van der Waals surface area contributed by atoms with E-state index in [1.54, 1.807) is 4.88 Å². The Morgan fingerprint density at radius 1 is 0.750 bits per heavy atom. The first kappa shape index (κ1) is 23.9. The van der Waals surface area contributed by atoms with Crippen LogP contribution in [0, 0.1) is 11.8 Å². The largest absolute Gasteiger partial charge is 0.236 e. The fourth-order valence-electron chi connectivity index (χ4n) is 5.21. The van der Waals surface area contributed by atoms with Crippen LogP contribution in [-0.4, -0.2) is 9.97 Å². The van der Waals surface area contributed by atoms with Crippen LogP contribution in [0.15, 0.2) is 24.5 Å². The molecule has 1 fully saturated rings. The molecule has 0 N–H and O–H groups in total. The molecule has 4 rings (SSSR count). The quantitative estimate of drug-likeness (QED) is 0.247. The first-order valence-corrected chi connectivity index (χ1v) is 14.7. The number of rotatable bonds is 12. The number of nitrogens with zero attached hydrogens (tertiary/aromatic N) is 2. The first-order chi connectivity index (χ1) is 15.7. The molecule has 0 aromatic carbocycles. The lowest BCUT2D eigenvalue weighted by molar-refractivity contribution is 0.249. The summed E-state index contributed by atoms with van der Waals surface area (Å²) < 4.78 is 2.82. The topological polar surface area (TPSA) is 25.8 Å². The van der Waals surface area contributed by atoms with E-state index in [0.717, 1.165) is 30.5 Å². The molecule has 1 saturated carbocycles. The van der Waals surface area contributed by atoms with Crippen molar-refractivity contribution in [2.24, 2.45) is 11.8 Å². The average Bonchev–Trinajstić information content (AvgIpc) is 3.38. The molecule has 1 aliphatic rings. The third-order valence-corrected chi connectivity index (χ3v) is 9.55. The molecular weight excluding hydrogens is 428 g/mol. The molecule has 3 aromatic rings. The van der Waals surface area contributed by atoms with Crippen molar-refractivity contribution >= 4 is 32.1 Å². The molecule has 4 heteroatoms. The molecule has 0 atom stereocenters. The first-order valence-electron chi connectivity index (χ1n) is 13.1. The third-order valence-electron chi connectivity index (χ3n) is 7.20. The second-order valence-corrected chi connectivity index (χ2v) is 12.1. The van der Waals surface area contributed by atoms with Crippen molar-refractivity contribution < 1.29 is 0 Å². The van der Waals surface area contributed by atoms with Crippen LogP contribution in [0.5, 0.6) is 0 Å². The second kappa shape index (κ2) is 12.3. The van der Waals surface area contributed by atoms with Crippen LogP contribution in [0.1, 0.15) is 101 Å². The van der Waals surface area contributed by atoms with Gasteiger partial charge in [0.05, 0.1) is 4.88 Å². The van der Waals surface area contributed by atoms with Crippen LogP contribution in [0.3, 0.4) is 0 Å². The Balaban J connectivity index is 1.21. The Morgan fingerprint density at radius 2 is 1.44 bits per heavy atom. The fourth-order valence-corrected chi connectivity index (χ4v) is 7.60. The monoisotopic (exact) mass is 468 g/mol. The summed E-state index contributed by atoms with van der Waals surface area (Å²) in [5.41, 5.74) is 1.23. The molecule has 0 bridgehead atoms. The summed E-state index contributed by atoms with van der Waals surface area (Å²) in [5.74, 6) is 2.86. The van der Waals surface area contributed by atoms with Gasteiger partial charge in [0.15, 0.2) is 5.82 Å². The Kier molecular flexibility index (Phi) is 9.16. The van der Waals surface area contributed by atoms with E-state index in [4.69, 9.17) is 0 Å². The molecule has 0 spiro atoms. The van der Waals surface area contributed by atoms with Crippen molar-refractivity contribution in [2.75, 3.05) is 0 Å². The maximum atomic E-state index is 4.60. The highest BCUT2D eigenvalue weighted by Gasteiger charge is 2.21. The van der Waals surface area contributed by atoms with Crippen LogP contribution in [0.25, 0.3) is 20.1 Å². The summed E-state index contributed by atoms with van der Waals surface area (Å²) in [6.07, 6.45) is 23.4. The van der Waals surface area contributed by atoms with Crippen LogP contribution < -0.4 is 0 Å². The van der Waals surface area contributed by atoms with Crippen molar-refractivity contribution in [1.29, 1.82) is 0 Å². The van der Waals surface area contributed by atoms with Gasteiger partial charge in [0.1, 0.15) is 0 Å². The van der Waals surface area contributed by atoms with Crippen LogP contribution in [-0.2, 0) is 12.8 Å². The van der Waals surface area contributed by atoms with Crippen LogP contribution in [0.4, 0.5) is 0 Å². The average molecular weight is 469 g/mol. The Bertz CT molecular complexity index is 901. The molecule has 3 aromatic heterocycles. The lowest BCUT2D eigenvalue weighted by atomic mass is 9.78. The van der Waals surface area contributed by atoms with E-state index in [1.165, 1.54) is 96.9 Å². The summed E-state index contributed by atoms with van der Waals surface area (Å²) in [6, 6.07) is 4.73. The minimum Gasteiger partial charge on any atom is -0.236 e. The number of hydrogen-bond acceptors (Lipinski definition) is 4. The Morgan fingerprint density at radius 3 is 2.12 bits per heavy atom. The van der Waals surface area contributed by atoms with Gasteiger partial charge in [-0.2, -0.15) is 0 Å². The van der Waals surface area contributed by atoms with E-state index in [1.807, 2.05) is 35.1 Å². The number of aryl methyl sites for hydroxylation is 2. The second-order valence-electron chi connectivity index (χ2n) is 9.85. The molecule has 0 unspecified atom stereocenters. The lowest BCUT2D eigenvalue weighted by Crippen LogP contribution is -2.15. The molecular formula is C28H40N2S2. The number of fused-ring (bicyclic) bond motifs is 1. The van der Waals surface area contributed by atoms with E-state index in [0.29, 0.717) is 0 Å². The third kappa shape index (κ3) is 6.63. The molecule has 0 aliphatic heterocycles. The predicted octanol–water partition coefficient (Wildman–Crippen LogP) is 9.47. The standard InChI is InChI=1S/C28H40N2S2/c1-3-5-6-7-8-10-21-11-13-22(14-12-21)15-16-24-17-25-26(31-24)18-27(32-25)28-29-19-23(9-4-2)20-30-28/h17-22H,3-16H2,1-2H3. The zero-order valence-electron chi connectivity index (χ0n) is 20.1. The molecule has 0 amide bonds. The van der Waals surface area contributed by atoms with E-state index >= 15 is 0 Å². The van der Waals surface area contributed by atoms with Gasteiger partial charge in [-0.05, 0) is 48.8 Å². The summed E-state index contributed by atoms with van der Waals surface area (Å²) in [5, 5.41) is 0. The van der Waals surface area contributed by atoms with Crippen molar-refractivity contribution in [3.05, 3.63) is 35.0 Å². The van der Waals surface area contributed by atoms with Crippen molar-refractivity contribution in [3.8, 4) is 10.7 Å². The molecule has 0 saturated heterocycles. The fraction of sp³-hybridized carbons (Fsp3) is 0.643. The number of hydrogen-bond donors (Lipinski definition) is 0. The van der Waals surface area contributed by atoms with Crippen LogP contribution in [0.2, 0.25) is 0 Å². The lowest BCUT2D eigenvalue weighted by Gasteiger charge is -2.28. The van der Waals surface area contributed by atoms with Gasteiger partial charge >= 0.3 is 0 Å². The van der Waals surface area contributed by atoms with Crippen molar-refractivity contribution in [2.45, 2.75) is 104 Å². The van der Waals surface area contributed by atoms with Gasteiger partial charge in [0, 0.05) is 26.7 Å². The summed E-state index contributed by atoms with van der Waals surface area (Å²) >= 11 is 3.84. The highest BCUT2D eigenvalue weighted by molar-refractivity contribution is 7.29. The zero-order valence-corrected chi connectivity index (χ0v) is 21.7. The Labute approximate surface area is 202 Å². The maximum Gasteiger partial charge on any atom is 0.169 e. The van der Waals surface area contributed by atoms with Gasteiger partial charge in [0.25, 0.3) is 0 Å². The SMILES string of the molecule is CCCCCCCC1CCC(CCc2cc3sc(-c4ncc(CCC)cn4)cc3s2)CC1. The van der Waals surface area contributed by atoms with Crippen LogP contribution >= 0.6 is 22.7 Å². The van der Waals surface area contributed by atoms with Crippen molar-refractivity contribution in [1.82, 2.24) is 9.97 Å². The molecule has 174 valence electrons. The molecule has 1 aliphatic carbocycles. The smallest absolute Gasteiger partial charge is 0.169 e. The molecule has 3 heterocycles. The van der Waals surface area contributed by atoms with Gasteiger partial charge in [-0.3, -0.25) is 0 Å². The highest BCUT2D eigenvalue weighted by atomic mass is 32.1. The normalized spacial score (nSPS) is 19.1. The van der Waals surface area contributed by atoms with E-state index in [-0.39, 0.29) is 0 Å². The molecule has 32 heavy (non-hydrogen) atoms. The number of aromatic nitrogens is 2. The van der Waals surface area contributed by atoms with Crippen molar-refractivity contribution in [3.63, 3.8) is 0 Å². The van der Waals surface area contributed by atoms with Gasteiger partial charge in [0.2, 0.25) is 0 Å². The minimum atomic E-state index is 0.877. The summed E-state index contributed by atoms with van der Waals surface area (Å²) in [4.78, 5) is 12.0. The molecule has 2 nitrogen and oxygen atoms in total. The van der Waals surface area contributed by atoms with E-state index in [2.05, 4.69) is 35.9 Å². The van der Waals surface area contributed by atoms with E-state index < -0.39 is 0 Å². The zero-order chi connectivity index (χ0) is 22.2. The predicted molar refractivity (Wildman–Crippen MR) is 142 cm³/mol. The summed E-state index contributed by atoms with van der Waals surface area (Å²) in [6.45, 7) is 4.50. The van der Waals surface area contributed by atoms with Gasteiger partial charge in [-0.25, -0.2) is 9.97 Å². The molecule has 0 radical (unpaired) electrons. The van der Waals surface area contributed by atoms with Gasteiger partial charge < -0.3 is 0 Å². The number of thiophene rings is 2. The minimum absolute atomic E-state index is 0.877. The van der Waals surface area contributed by atoms with E-state index in [9.17, 15) is 0 Å².